The summed E-state index contributed by atoms with van der Waals surface area (Å²) in [7, 11) is 2.35. The maximum absolute atomic E-state index is 11.4. The monoisotopic (exact) mass is 297 g/mol. The van der Waals surface area contributed by atoms with E-state index in [2.05, 4.69) is 14.5 Å². The first kappa shape index (κ1) is 16.3. The normalized spacial score (nSPS) is 9.86. The van der Waals surface area contributed by atoms with Crippen LogP contribution in [0.15, 0.2) is 12.1 Å². The van der Waals surface area contributed by atoms with Crippen LogP contribution in [0, 0.1) is 17.0 Å². The van der Waals surface area contributed by atoms with Crippen LogP contribution in [0.2, 0.25) is 0 Å². The van der Waals surface area contributed by atoms with E-state index in [1.54, 1.807) is 6.92 Å². The van der Waals surface area contributed by atoms with Gasteiger partial charge in [0.2, 0.25) is 5.82 Å². The van der Waals surface area contributed by atoms with Crippen molar-refractivity contribution in [2.24, 2.45) is 0 Å². The maximum atomic E-state index is 11.4. The molecule has 0 unspecified atom stereocenters. The number of nitro groups is 1. The Bertz CT molecular complexity index is 542. The van der Waals surface area contributed by atoms with E-state index in [1.165, 1.54) is 26.4 Å². The topological polar surface area (TPSA) is 112 Å². The van der Waals surface area contributed by atoms with Gasteiger partial charge < -0.3 is 14.4 Å². The zero-order chi connectivity index (χ0) is 16.0. The number of ether oxygens (including phenoxy) is 2. The highest BCUT2D eigenvalue weighted by atomic mass is 16.6. The van der Waals surface area contributed by atoms with Crippen molar-refractivity contribution in [3.05, 3.63) is 27.9 Å². The van der Waals surface area contributed by atoms with Crippen LogP contribution in [0.4, 0.5) is 11.5 Å². The lowest BCUT2D eigenvalue weighted by Gasteiger charge is -2.21. The van der Waals surface area contributed by atoms with Crippen molar-refractivity contribution in [2.75, 3.05) is 32.2 Å². The summed E-state index contributed by atoms with van der Waals surface area (Å²) in [4.78, 5) is 38.4. The van der Waals surface area contributed by atoms with Crippen LogP contribution < -0.4 is 4.90 Å². The SMILES string of the molecule is COC(=O)CN(CC(=O)OC)c1nc(C)ccc1[N+](=O)[O-]. The molecule has 0 aliphatic rings. The fraction of sp³-hybridized carbons (Fsp3) is 0.417. The van der Waals surface area contributed by atoms with Crippen LogP contribution in [-0.2, 0) is 19.1 Å². The number of hydrogen-bond donors (Lipinski definition) is 0. The maximum Gasteiger partial charge on any atom is 0.325 e. The molecule has 0 aromatic carbocycles. The van der Waals surface area contributed by atoms with Gasteiger partial charge in [-0.3, -0.25) is 19.7 Å². The van der Waals surface area contributed by atoms with Crippen molar-refractivity contribution < 1.29 is 24.0 Å². The molecule has 114 valence electrons. The van der Waals surface area contributed by atoms with Gasteiger partial charge in [-0.2, -0.15) is 0 Å². The van der Waals surface area contributed by atoms with Crippen LogP contribution in [-0.4, -0.2) is 49.2 Å². The fourth-order valence-electron chi connectivity index (χ4n) is 1.56. The predicted octanol–water partition coefficient (Wildman–Crippen LogP) is 0.451. The summed E-state index contributed by atoms with van der Waals surface area (Å²) in [6.07, 6.45) is 0. The Morgan fingerprint density at radius 2 is 1.76 bits per heavy atom. The highest BCUT2D eigenvalue weighted by molar-refractivity contribution is 5.82. The molecule has 0 amide bonds. The minimum atomic E-state index is -0.656. The summed E-state index contributed by atoms with van der Waals surface area (Å²) in [6, 6.07) is 2.73. The zero-order valence-electron chi connectivity index (χ0n) is 11.9. The Morgan fingerprint density at radius 1 is 1.24 bits per heavy atom. The molecule has 0 bridgehead atoms. The van der Waals surface area contributed by atoms with Gasteiger partial charge >= 0.3 is 17.6 Å². The molecule has 1 aromatic rings. The van der Waals surface area contributed by atoms with Gasteiger partial charge in [0.25, 0.3) is 0 Å². The molecule has 0 aliphatic heterocycles. The van der Waals surface area contributed by atoms with E-state index in [9.17, 15) is 19.7 Å². The van der Waals surface area contributed by atoms with Crippen LogP contribution in [0.3, 0.4) is 0 Å². The molecule has 0 N–H and O–H groups in total. The number of pyridine rings is 1. The lowest BCUT2D eigenvalue weighted by molar-refractivity contribution is -0.384. The van der Waals surface area contributed by atoms with Gasteiger partial charge in [-0.1, -0.05) is 0 Å². The highest BCUT2D eigenvalue weighted by Crippen LogP contribution is 2.26. The smallest absolute Gasteiger partial charge is 0.325 e. The average molecular weight is 297 g/mol. The molecule has 0 saturated carbocycles. The summed E-state index contributed by atoms with van der Waals surface area (Å²) in [5.74, 6) is -1.40. The first-order valence-corrected chi connectivity index (χ1v) is 5.89. The van der Waals surface area contributed by atoms with Crippen molar-refractivity contribution in [1.29, 1.82) is 0 Å². The Labute approximate surface area is 120 Å². The minimum Gasteiger partial charge on any atom is -0.468 e. The fourth-order valence-corrected chi connectivity index (χ4v) is 1.56. The summed E-state index contributed by atoms with van der Waals surface area (Å²) < 4.78 is 9.04. The van der Waals surface area contributed by atoms with E-state index < -0.39 is 16.9 Å². The van der Waals surface area contributed by atoms with Crippen molar-refractivity contribution in [3.63, 3.8) is 0 Å². The van der Waals surface area contributed by atoms with Crippen molar-refractivity contribution in [2.45, 2.75) is 6.92 Å². The molecule has 0 fully saturated rings. The van der Waals surface area contributed by atoms with Gasteiger partial charge in [-0.15, -0.1) is 0 Å². The molecule has 21 heavy (non-hydrogen) atoms. The largest absolute Gasteiger partial charge is 0.468 e. The Balaban J connectivity index is 3.23. The second-order valence-electron chi connectivity index (χ2n) is 4.06. The molecular weight excluding hydrogens is 282 g/mol. The number of aromatic nitrogens is 1. The Hall–Kier alpha value is -2.71. The van der Waals surface area contributed by atoms with Crippen LogP contribution >= 0.6 is 0 Å². The van der Waals surface area contributed by atoms with Gasteiger partial charge in [-0.05, 0) is 13.0 Å². The number of rotatable bonds is 6. The van der Waals surface area contributed by atoms with Crippen molar-refractivity contribution >= 4 is 23.4 Å². The predicted molar refractivity (Wildman–Crippen MR) is 71.9 cm³/mol. The first-order valence-electron chi connectivity index (χ1n) is 5.89. The minimum absolute atomic E-state index is 0.0872. The molecular formula is C12H15N3O6. The number of anilines is 1. The third-order valence-electron chi connectivity index (χ3n) is 2.59. The number of carbonyl (C=O) groups excluding carboxylic acids is 2. The molecule has 0 aliphatic carbocycles. The molecule has 0 atom stereocenters. The van der Waals surface area contributed by atoms with Gasteiger partial charge in [0.15, 0.2) is 0 Å². The lowest BCUT2D eigenvalue weighted by atomic mass is 10.3. The second kappa shape index (κ2) is 7.17. The third kappa shape index (κ3) is 4.41. The Morgan fingerprint density at radius 3 is 2.19 bits per heavy atom. The van der Waals surface area contributed by atoms with E-state index in [-0.39, 0.29) is 24.6 Å². The van der Waals surface area contributed by atoms with Crippen LogP contribution in [0.1, 0.15) is 5.69 Å². The highest BCUT2D eigenvalue weighted by Gasteiger charge is 2.25. The number of carbonyl (C=O) groups is 2. The summed E-state index contributed by atoms with van der Waals surface area (Å²) in [6.45, 7) is 0.924. The lowest BCUT2D eigenvalue weighted by Crippen LogP contribution is -2.36. The average Bonchev–Trinajstić information content (AvgIpc) is 2.45. The van der Waals surface area contributed by atoms with Gasteiger partial charge in [-0.25, -0.2) is 4.98 Å². The summed E-state index contributed by atoms with van der Waals surface area (Å²) in [5.41, 5.74) is 0.198. The standard InChI is InChI=1S/C12H15N3O6/c1-8-4-5-9(15(18)19)12(13-8)14(6-10(16)20-2)7-11(17)21-3/h4-5H,6-7H2,1-3H3. The molecule has 0 saturated heterocycles. The number of aryl methyl sites for hydroxylation is 1. The molecule has 9 heteroatoms. The molecule has 9 nitrogen and oxygen atoms in total. The summed E-state index contributed by atoms with van der Waals surface area (Å²) >= 11 is 0. The van der Waals surface area contributed by atoms with E-state index in [0.29, 0.717) is 5.69 Å². The second-order valence-corrected chi connectivity index (χ2v) is 4.06. The Kier molecular flexibility index (Phi) is 5.58. The molecule has 1 aromatic heterocycles. The third-order valence-corrected chi connectivity index (χ3v) is 2.59. The van der Waals surface area contributed by atoms with Crippen molar-refractivity contribution in [3.8, 4) is 0 Å². The number of methoxy groups -OCH3 is 2. The summed E-state index contributed by atoms with van der Waals surface area (Å²) in [5, 5.41) is 11.1. The quantitative estimate of drug-likeness (QED) is 0.422. The van der Waals surface area contributed by atoms with Crippen LogP contribution in [0.25, 0.3) is 0 Å². The van der Waals surface area contributed by atoms with E-state index in [0.717, 1.165) is 4.90 Å². The number of esters is 2. The van der Waals surface area contributed by atoms with E-state index in [4.69, 9.17) is 0 Å². The van der Waals surface area contributed by atoms with Crippen molar-refractivity contribution in [1.82, 2.24) is 4.98 Å². The first-order chi connectivity index (χ1) is 9.88. The van der Waals surface area contributed by atoms with Gasteiger partial charge in [0.05, 0.1) is 19.1 Å². The number of hydrogen-bond acceptors (Lipinski definition) is 8. The molecule has 0 spiro atoms. The number of nitrogens with zero attached hydrogens (tertiary/aromatic N) is 3. The van der Waals surface area contributed by atoms with Crippen LogP contribution in [0.5, 0.6) is 0 Å². The van der Waals surface area contributed by atoms with E-state index >= 15 is 0 Å². The molecule has 1 heterocycles. The molecule has 0 radical (unpaired) electrons. The molecule has 1 rings (SSSR count). The van der Waals surface area contributed by atoms with E-state index in [1.807, 2.05) is 0 Å². The zero-order valence-corrected chi connectivity index (χ0v) is 11.9. The van der Waals surface area contributed by atoms with Gasteiger partial charge in [0, 0.05) is 11.8 Å². The van der Waals surface area contributed by atoms with Gasteiger partial charge in [0.1, 0.15) is 13.1 Å².